The van der Waals surface area contributed by atoms with Gasteiger partial charge in [-0.2, -0.15) is 0 Å². The van der Waals surface area contributed by atoms with Gasteiger partial charge in [-0.3, -0.25) is 4.79 Å². The highest BCUT2D eigenvalue weighted by Gasteiger charge is 2.12. The lowest BCUT2D eigenvalue weighted by atomic mass is 10.0. The van der Waals surface area contributed by atoms with Crippen LogP contribution in [0.25, 0.3) is 0 Å². The Morgan fingerprint density at radius 3 is 2.22 bits per heavy atom. The monoisotopic (exact) mass is 311 g/mol. The van der Waals surface area contributed by atoms with Gasteiger partial charge in [-0.1, -0.05) is 63.2 Å². The first-order valence-electron chi connectivity index (χ1n) is 8.17. The molecule has 0 fully saturated rings. The van der Waals surface area contributed by atoms with Gasteiger partial charge >= 0.3 is 0 Å². The Labute approximate surface area is 138 Å². The van der Waals surface area contributed by atoms with Gasteiger partial charge in [0.05, 0.1) is 6.04 Å². The Hall–Kier alpha value is -2.29. The summed E-state index contributed by atoms with van der Waals surface area (Å²) in [6.45, 7) is 6.39. The van der Waals surface area contributed by atoms with Crippen LogP contribution in [0.1, 0.15) is 50.3 Å². The van der Waals surface area contributed by atoms with E-state index in [1.165, 1.54) is 5.56 Å². The average Bonchev–Trinajstić information content (AvgIpc) is 2.59. The molecule has 2 aromatic rings. The smallest absolute Gasteiger partial charge is 0.258 e. The van der Waals surface area contributed by atoms with Crippen LogP contribution >= 0.6 is 0 Å². The molecule has 0 saturated carbocycles. The molecule has 0 aliphatic heterocycles. The SMILES string of the molecule is CC[C@@H](NC(=O)COc1ccc(C(C)C)cc1)c1ccccc1. The molecule has 0 aliphatic rings. The zero-order valence-corrected chi connectivity index (χ0v) is 14.1. The van der Waals surface area contributed by atoms with E-state index in [1.54, 1.807) is 0 Å². The lowest BCUT2D eigenvalue weighted by molar-refractivity contribution is -0.123. The summed E-state index contributed by atoms with van der Waals surface area (Å²) in [5.41, 5.74) is 2.38. The van der Waals surface area contributed by atoms with Crippen LogP contribution in [0.5, 0.6) is 5.75 Å². The summed E-state index contributed by atoms with van der Waals surface area (Å²) >= 11 is 0. The predicted molar refractivity (Wildman–Crippen MR) is 93.6 cm³/mol. The van der Waals surface area contributed by atoms with E-state index in [-0.39, 0.29) is 18.6 Å². The summed E-state index contributed by atoms with van der Waals surface area (Å²) in [6, 6.07) is 17.9. The van der Waals surface area contributed by atoms with Crippen molar-refractivity contribution in [3.8, 4) is 5.75 Å². The maximum absolute atomic E-state index is 12.1. The van der Waals surface area contributed by atoms with Crippen LogP contribution in [-0.2, 0) is 4.79 Å². The van der Waals surface area contributed by atoms with Crippen LogP contribution in [0.3, 0.4) is 0 Å². The molecular weight excluding hydrogens is 286 g/mol. The van der Waals surface area contributed by atoms with E-state index in [0.717, 1.165) is 17.7 Å². The van der Waals surface area contributed by atoms with E-state index in [1.807, 2.05) is 54.6 Å². The molecule has 2 aromatic carbocycles. The largest absolute Gasteiger partial charge is 0.484 e. The Balaban J connectivity index is 1.86. The van der Waals surface area contributed by atoms with Gasteiger partial charge in [0.2, 0.25) is 0 Å². The third-order valence-electron chi connectivity index (χ3n) is 3.86. The zero-order valence-electron chi connectivity index (χ0n) is 14.1. The van der Waals surface area contributed by atoms with Crippen molar-refractivity contribution in [3.05, 3.63) is 65.7 Å². The van der Waals surface area contributed by atoms with Gasteiger partial charge in [0.1, 0.15) is 5.75 Å². The fourth-order valence-electron chi connectivity index (χ4n) is 2.44. The number of carbonyl (C=O) groups excluding carboxylic acids is 1. The average molecular weight is 311 g/mol. The van der Waals surface area contributed by atoms with Crippen molar-refractivity contribution in [1.82, 2.24) is 5.32 Å². The second-order valence-corrected chi connectivity index (χ2v) is 5.95. The van der Waals surface area contributed by atoms with Crippen molar-refractivity contribution in [3.63, 3.8) is 0 Å². The Bertz CT molecular complexity index is 605. The van der Waals surface area contributed by atoms with Crippen LogP contribution in [0.4, 0.5) is 0 Å². The molecule has 0 radical (unpaired) electrons. The van der Waals surface area contributed by atoms with Crippen LogP contribution in [0.2, 0.25) is 0 Å². The Morgan fingerprint density at radius 2 is 1.65 bits per heavy atom. The summed E-state index contributed by atoms with van der Waals surface area (Å²) in [7, 11) is 0. The predicted octanol–water partition coefficient (Wildman–Crippen LogP) is 4.46. The van der Waals surface area contributed by atoms with E-state index >= 15 is 0 Å². The fraction of sp³-hybridized carbons (Fsp3) is 0.350. The van der Waals surface area contributed by atoms with Gasteiger partial charge in [-0.15, -0.1) is 0 Å². The first-order chi connectivity index (χ1) is 11.1. The zero-order chi connectivity index (χ0) is 16.7. The number of ether oxygens (including phenoxy) is 1. The van der Waals surface area contributed by atoms with Crippen molar-refractivity contribution in [1.29, 1.82) is 0 Å². The molecule has 3 heteroatoms. The van der Waals surface area contributed by atoms with Gasteiger partial charge in [-0.05, 0) is 35.6 Å². The van der Waals surface area contributed by atoms with Crippen molar-refractivity contribution in [2.24, 2.45) is 0 Å². The number of benzene rings is 2. The summed E-state index contributed by atoms with van der Waals surface area (Å²) in [5.74, 6) is 1.11. The highest BCUT2D eigenvalue weighted by atomic mass is 16.5. The number of carbonyl (C=O) groups is 1. The molecule has 23 heavy (non-hydrogen) atoms. The Morgan fingerprint density at radius 1 is 1.00 bits per heavy atom. The molecule has 0 spiro atoms. The van der Waals surface area contributed by atoms with Crippen LogP contribution in [-0.4, -0.2) is 12.5 Å². The number of rotatable bonds is 7. The first kappa shape index (κ1) is 17.1. The molecule has 2 rings (SSSR count). The van der Waals surface area contributed by atoms with E-state index in [2.05, 4.69) is 26.1 Å². The van der Waals surface area contributed by atoms with E-state index in [9.17, 15) is 4.79 Å². The molecule has 0 heterocycles. The normalized spacial score (nSPS) is 12.0. The van der Waals surface area contributed by atoms with Gasteiger partial charge in [0.15, 0.2) is 6.61 Å². The summed E-state index contributed by atoms with van der Waals surface area (Å²) in [6.07, 6.45) is 0.846. The standard InChI is InChI=1S/C20H25NO2/c1-4-19(17-8-6-5-7-9-17)21-20(22)14-23-18-12-10-16(11-13-18)15(2)3/h5-13,15,19H,4,14H2,1-3H3,(H,21,22)/t19-/m1/s1. The molecule has 122 valence electrons. The van der Waals surface area contributed by atoms with Crippen molar-refractivity contribution in [2.75, 3.05) is 6.61 Å². The second-order valence-electron chi connectivity index (χ2n) is 5.95. The molecular formula is C20H25NO2. The van der Waals surface area contributed by atoms with E-state index in [4.69, 9.17) is 4.74 Å². The summed E-state index contributed by atoms with van der Waals surface area (Å²) < 4.78 is 5.57. The molecule has 0 unspecified atom stereocenters. The van der Waals surface area contributed by atoms with E-state index in [0.29, 0.717) is 5.92 Å². The van der Waals surface area contributed by atoms with Crippen molar-refractivity contribution >= 4 is 5.91 Å². The van der Waals surface area contributed by atoms with Crippen molar-refractivity contribution < 1.29 is 9.53 Å². The lowest BCUT2D eigenvalue weighted by Gasteiger charge is -2.17. The summed E-state index contributed by atoms with van der Waals surface area (Å²) in [5, 5.41) is 3.02. The first-order valence-corrected chi connectivity index (χ1v) is 8.17. The topological polar surface area (TPSA) is 38.3 Å². The molecule has 1 atom stereocenters. The number of hydrogen-bond donors (Lipinski definition) is 1. The van der Waals surface area contributed by atoms with Crippen LogP contribution in [0, 0.1) is 0 Å². The maximum atomic E-state index is 12.1. The lowest BCUT2D eigenvalue weighted by Crippen LogP contribution is -2.32. The van der Waals surface area contributed by atoms with Gasteiger partial charge in [0.25, 0.3) is 5.91 Å². The van der Waals surface area contributed by atoms with Gasteiger partial charge < -0.3 is 10.1 Å². The fourth-order valence-corrected chi connectivity index (χ4v) is 2.44. The molecule has 0 saturated heterocycles. The quantitative estimate of drug-likeness (QED) is 0.820. The molecule has 1 N–H and O–H groups in total. The minimum atomic E-state index is -0.103. The number of hydrogen-bond acceptors (Lipinski definition) is 2. The third-order valence-corrected chi connectivity index (χ3v) is 3.86. The Kier molecular flexibility index (Phi) is 6.21. The van der Waals surface area contributed by atoms with Crippen LogP contribution in [0.15, 0.2) is 54.6 Å². The molecule has 0 aromatic heterocycles. The minimum Gasteiger partial charge on any atom is -0.484 e. The number of nitrogens with one attached hydrogen (secondary N) is 1. The molecule has 0 bridgehead atoms. The minimum absolute atomic E-state index is 0.0237. The number of amides is 1. The third kappa shape index (κ3) is 5.13. The maximum Gasteiger partial charge on any atom is 0.258 e. The molecule has 1 amide bonds. The highest BCUT2D eigenvalue weighted by Crippen LogP contribution is 2.19. The molecule has 3 nitrogen and oxygen atoms in total. The highest BCUT2D eigenvalue weighted by molar-refractivity contribution is 5.78. The van der Waals surface area contributed by atoms with Crippen LogP contribution < -0.4 is 10.1 Å². The van der Waals surface area contributed by atoms with E-state index < -0.39 is 0 Å². The molecule has 0 aliphatic carbocycles. The van der Waals surface area contributed by atoms with Gasteiger partial charge in [0, 0.05) is 0 Å². The van der Waals surface area contributed by atoms with Crippen molar-refractivity contribution in [2.45, 2.75) is 39.2 Å². The second kappa shape index (κ2) is 8.37. The summed E-state index contributed by atoms with van der Waals surface area (Å²) in [4.78, 5) is 12.1. The van der Waals surface area contributed by atoms with Gasteiger partial charge in [-0.25, -0.2) is 0 Å².